The van der Waals surface area contributed by atoms with Gasteiger partial charge in [-0.1, -0.05) is 23.3 Å². The second-order valence-corrected chi connectivity index (χ2v) is 24.9. The van der Waals surface area contributed by atoms with Gasteiger partial charge in [-0.25, -0.2) is 9.59 Å². The Morgan fingerprint density at radius 1 is 0.738 bits per heavy atom. The van der Waals surface area contributed by atoms with E-state index in [0.29, 0.717) is 18.9 Å². The van der Waals surface area contributed by atoms with Gasteiger partial charge in [0.05, 0.1) is 68.6 Å². The Kier molecular flexibility index (Phi) is 22.4. The van der Waals surface area contributed by atoms with Crippen molar-refractivity contribution in [3.63, 3.8) is 0 Å². The van der Waals surface area contributed by atoms with E-state index in [1.54, 1.807) is 14.2 Å². The number of rotatable bonds is 18. The Morgan fingerprint density at radius 3 is 1.56 bits per heavy atom. The fraction of sp³-hybridized carbons (Fsp3) is 0.783. The summed E-state index contributed by atoms with van der Waals surface area (Å²) in [6.07, 6.45) is 3.59. The third-order valence-corrected chi connectivity index (χ3v) is 18.4. The number of nitrogens with zero attached hydrogens (tertiary/aromatic N) is 4. The fourth-order valence-electron chi connectivity index (χ4n) is 13.1. The van der Waals surface area contributed by atoms with Gasteiger partial charge in [-0.05, 0) is 143 Å². The highest BCUT2D eigenvalue weighted by Crippen LogP contribution is 2.61. The molecule has 1 aromatic rings. The number of methoxy groups -OCH3 is 2. The van der Waals surface area contributed by atoms with Crippen LogP contribution in [0.1, 0.15) is 92.9 Å². The molecule has 1 amide bonds. The van der Waals surface area contributed by atoms with Crippen LogP contribution in [0.2, 0.25) is 0 Å². The smallest absolute Gasteiger partial charge is 0.443 e. The summed E-state index contributed by atoms with van der Waals surface area (Å²) in [4.78, 5) is 51.2. The topological polar surface area (TPSA) is 231 Å². The molecule has 0 radical (unpaired) electrons. The molecule has 10 fully saturated rings. The van der Waals surface area contributed by atoms with Gasteiger partial charge in [0.1, 0.15) is 52.6 Å². The highest BCUT2D eigenvalue weighted by Gasteiger charge is 2.73. The fourth-order valence-corrected chi connectivity index (χ4v) is 13.1. The molecule has 10 aliphatic rings. The molecule has 12 atom stereocenters. The second kappa shape index (κ2) is 28.7. The van der Waals surface area contributed by atoms with Crippen LogP contribution in [0.15, 0.2) is 47.6 Å². The lowest BCUT2D eigenvalue weighted by Gasteiger charge is -2.44. The van der Waals surface area contributed by atoms with Gasteiger partial charge in [-0.15, -0.1) is 0 Å². The molecule has 2 aliphatic carbocycles. The van der Waals surface area contributed by atoms with E-state index >= 15 is 0 Å². The first kappa shape index (κ1) is 65.6. The molecule has 2 spiro atoms. The van der Waals surface area contributed by atoms with Gasteiger partial charge in [-0.3, -0.25) is 24.7 Å². The van der Waals surface area contributed by atoms with Crippen molar-refractivity contribution in [1.82, 2.24) is 20.0 Å². The number of nitro benzene ring substituents is 1. The molecule has 0 bridgehead atoms. The first-order valence-electron chi connectivity index (χ1n) is 29.9. The number of alkyl halides is 3. The highest BCUT2D eigenvalue weighted by molar-refractivity contribution is 5.69. The van der Waals surface area contributed by atoms with E-state index in [1.165, 1.54) is 61.5 Å². The molecule has 472 valence electrons. The number of nitrogens with one attached hydrogen (secondary N) is 1. The highest BCUT2D eigenvalue weighted by atomic mass is 19.4. The summed E-state index contributed by atoms with van der Waals surface area (Å²) in [5.41, 5.74) is 1.21. The number of hydrogen-bond acceptors (Lipinski definition) is 19. The average molecular weight is 1190 g/mol. The normalized spacial score (nSPS) is 34.2. The van der Waals surface area contributed by atoms with Crippen molar-refractivity contribution in [2.75, 3.05) is 119 Å². The Balaban J connectivity index is 0.000000170. The molecule has 84 heavy (non-hydrogen) atoms. The van der Waals surface area contributed by atoms with E-state index in [9.17, 15) is 32.9 Å². The van der Waals surface area contributed by atoms with Gasteiger partial charge in [0.25, 0.3) is 5.69 Å². The van der Waals surface area contributed by atoms with E-state index < -0.39 is 41.4 Å². The number of allylic oxidation sites excluding steroid dienone is 2. The predicted octanol–water partition coefficient (Wildman–Crippen LogP) is 7.72. The number of halogens is 3. The predicted molar refractivity (Wildman–Crippen MR) is 301 cm³/mol. The van der Waals surface area contributed by atoms with E-state index in [2.05, 4.69) is 68.8 Å². The zero-order valence-electron chi connectivity index (χ0n) is 50.2. The third kappa shape index (κ3) is 17.2. The summed E-state index contributed by atoms with van der Waals surface area (Å²) < 4.78 is 95.1. The number of benzene rings is 1. The lowest BCUT2D eigenvalue weighted by Crippen LogP contribution is -2.57. The Morgan fingerprint density at radius 2 is 1.18 bits per heavy atom. The number of morpholine rings is 2. The van der Waals surface area contributed by atoms with Crippen molar-refractivity contribution in [3.8, 4) is 5.75 Å². The van der Waals surface area contributed by atoms with Gasteiger partial charge >= 0.3 is 18.4 Å². The number of non-ortho nitro benzene ring substituents is 1. The van der Waals surface area contributed by atoms with Crippen LogP contribution in [0.3, 0.4) is 0 Å². The third-order valence-electron chi connectivity index (χ3n) is 18.4. The summed E-state index contributed by atoms with van der Waals surface area (Å²) in [5.74, 6) is 1.66. The maximum absolute atomic E-state index is 12.9. The summed E-state index contributed by atoms with van der Waals surface area (Å²) >= 11 is 0. The molecular formula is C60H90F3N5O16. The Labute approximate surface area is 491 Å². The van der Waals surface area contributed by atoms with Crippen molar-refractivity contribution in [2.45, 2.75) is 158 Å². The zero-order chi connectivity index (χ0) is 60.5. The van der Waals surface area contributed by atoms with Gasteiger partial charge in [-0.2, -0.15) is 13.2 Å². The van der Waals surface area contributed by atoms with Crippen LogP contribution in [-0.4, -0.2) is 223 Å². The van der Waals surface area contributed by atoms with Crippen LogP contribution in [0.25, 0.3) is 0 Å². The van der Waals surface area contributed by atoms with Gasteiger partial charge in [0, 0.05) is 65.6 Å². The number of nitro groups is 1. The summed E-state index contributed by atoms with van der Waals surface area (Å²) in [6, 6.07) is 5.25. The second-order valence-electron chi connectivity index (χ2n) is 24.9. The van der Waals surface area contributed by atoms with Crippen molar-refractivity contribution < 1.29 is 84.6 Å². The summed E-state index contributed by atoms with van der Waals surface area (Å²) in [6.45, 7) is 28.2. The minimum absolute atomic E-state index is 0.0600. The lowest BCUT2D eigenvalue weighted by molar-refractivity contribution is -0.384. The molecule has 8 heterocycles. The maximum Gasteiger partial charge on any atom is 0.514 e. The van der Waals surface area contributed by atoms with Crippen molar-refractivity contribution in [1.29, 1.82) is 0 Å². The minimum atomic E-state index is -4.64. The largest absolute Gasteiger partial charge is 0.514 e. The standard InChI is InChI=1S/C26H42N2O6.C23H29NO8.C9H18N2O.C2HF3O/c1-18(2)5-6-21-25(3,34-21)23-22(30-4)20(7-9-26(23)17-32-26)33-24(29)28-15-19(16-28)8-10-27-11-13-31-14-12-27;1-14(2)5-10-18-22(3,32-18)20-19(28-4)17(11-12-23(20)13-29-23)31-21(25)30-16-8-6-15(7-9-16)24(26)27;1(9-7-10-8-9)2-11-3-5-12-6-4-11;3-2(4,5)1-6/h5,19-23H,6-17H2,1-4H3;5-9,17-20H,10-13H2,1-4H3;9-10H,1-8H2;1H/t20-,21-,22-,23-,25+,26+;17-,18-,19-,20-,22+,23+;;/m11../s1. The monoisotopic (exact) mass is 1190 g/mol. The van der Waals surface area contributed by atoms with Crippen LogP contribution >= 0.6 is 0 Å². The van der Waals surface area contributed by atoms with Crippen molar-refractivity contribution in [2.24, 2.45) is 23.7 Å². The molecular weight excluding hydrogens is 1100 g/mol. The Bertz CT molecular complexity index is 2400. The minimum Gasteiger partial charge on any atom is -0.443 e. The number of carbonyl (C=O) groups excluding carboxylic acids is 3. The van der Waals surface area contributed by atoms with Crippen molar-refractivity contribution in [3.05, 3.63) is 57.7 Å². The van der Waals surface area contributed by atoms with E-state index in [4.69, 9.17) is 56.9 Å². The first-order chi connectivity index (χ1) is 40.0. The number of aldehydes is 1. The summed E-state index contributed by atoms with van der Waals surface area (Å²) in [7, 11) is 3.33. The number of likely N-dealkylation sites (tertiary alicyclic amines) is 1. The number of carbonyl (C=O) groups is 3. The number of ether oxygens (including phenoxy) is 11. The molecule has 2 saturated carbocycles. The van der Waals surface area contributed by atoms with Gasteiger partial charge in [0.15, 0.2) is 0 Å². The molecule has 24 heteroatoms. The Hall–Kier alpha value is -4.34. The van der Waals surface area contributed by atoms with Crippen LogP contribution in [-0.2, 0) is 52.2 Å². The molecule has 0 aromatic heterocycles. The van der Waals surface area contributed by atoms with Crippen LogP contribution in [0.4, 0.5) is 28.4 Å². The maximum atomic E-state index is 12.9. The molecule has 11 rings (SSSR count). The van der Waals surface area contributed by atoms with E-state index in [1.807, 2.05) is 4.90 Å². The molecule has 0 unspecified atom stereocenters. The van der Waals surface area contributed by atoms with Gasteiger partial charge < -0.3 is 62.3 Å². The number of hydrogen-bond donors (Lipinski definition) is 1. The van der Waals surface area contributed by atoms with E-state index in [0.717, 1.165) is 123 Å². The molecule has 8 saturated heterocycles. The van der Waals surface area contributed by atoms with Crippen LogP contribution in [0.5, 0.6) is 5.75 Å². The zero-order valence-corrected chi connectivity index (χ0v) is 50.2. The lowest BCUT2D eigenvalue weighted by atomic mass is 9.68. The van der Waals surface area contributed by atoms with Crippen molar-refractivity contribution >= 4 is 24.2 Å². The molecule has 21 nitrogen and oxygen atoms in total. The SMILES string of the molecule is C1CN(CCC2CNC2)CCO1.CO[C@@H]1[C@H](OC(=O)N2CC(CCN3CCOCC3)C2)CC[C@]2(CO2)[C@H]1[C@@]1(C)O[C@@H]1CC=C(C)C.CO[C@@H]1[C@H](OC(=O)Oc2ccc([N+](=O)[O-])cc2)CC[C@]2(CO2)[C@H]1[C@@]1(C)O[C@@H]1CC=C(C)C.O=CC(F)(F)F. The number of amides is 1. The quantitative estimate of drug-likeness (QED) is 0.0282. The summed E-state index contributed by atoms with van der Waals surface area (Å²) in [5, 5.41) is 14.1. The molecule has 1 N–H and O–H groups in total. The van der Waals surface area contributed by atoms with E-state index in [-0.39, 0.29) is 70.6 Å². The van der Waals surface area contributed by atoms with Crippen LogP contribution < -0.4 is 10.1 Å². The van der Waals surface area contributed by atoms with Gasteiger partial charge in [0.2, 0.25) is 6.29 Å². The average Bonchev–Trinajstić information content (AvgIpc) is 1.59. The van der Waals surface area contributed by atoms with Crippen LogP contribution in [0, 0.1) is 33.8 Å². The molecule has 1 aromatic carbocycles. The number of epoxide rings is 4. The first-order valence-corrected chi connectivity index (χ1v) is 29.9. The molecule has 8 aliphatic heterocycles.